The van der Waals surface area contributed by atoms with Crippen LogP contribution in [0.5, 0.6) is 28.7 Å². The zero-order valence-corrected chi connectivity index (χ0v) is 24.0. The number of aromatic hydroxyl groups is 4. The van der Waals surface area contributed by atoms with Gasteiger partial charge < -0.3 is 54.4 Å². The third-order valence-corrected chi connectivity index (χ3v) is 6.83. The quantitative estimate of drug-likeness (QED) is 0.103. The lowest BCUT2D eigenvalue weighted by atomic mass is 9.99. The van der Waals surface area contributed by atoms with Crippen LogP contribution >= 0.6 is 0 Å². The van der Waals surface area contributed by atoms with Gasteiger partial charge in [0.15, 0.2) is 23.4 Å². The standard InChI is InChI=1S/C32H32O13/c1-17(33)2-3-18-6-11-22(12-7-18)43-32-30(45-31(41)20-14-23(35)27(38)24(36)15-20)29(40)28(39)25(44-32)16-42-26(37)13-8-19-4-9-21(34)10-5-19/h4-15,25,28-30,32,34-36,38-40H,2-3,16H2,1H3. The van der Waals surface area contributed by atoms with Crippen LogP contribution in [0.15, 0.2) is 66.7 Å². The van der Waals surface area contributed by atoms with Crippen LogP contribution in [0.2, 0.25) is 0 Å². The van der Waals surface area contributed by atoms with Crippen LogP contribution in [0.1, 0.15) is 34.8 Å². The average Bonchev–Trinajstić information content (AvgIpc) is 3.01. The van der Waals surface area contributed by atoms with Crippen molar-refractivity contribution in [3.63, 3.8) is 0 Å². The van der Waals surface area contributed by atoms with Gasteiger partial charge in [-0.2, -0.15) is 0 Å². The lowest BCUT2D eigenvalue weighted by Gasteiger charge is -2.41. The summed E-state index contributed by atoms with van der Waals surface area (Å²) >= 11 is 0. The number of aliphatic hydroxyl groups excluding tert-OH is 2. The molecule has 1 fully saturated rings. The summed E-state index contributed by atoms with van der Waals surface area (Å²) in [6, 6.07) is 14.2. The Labute approximate surface area is 257 Å². The van der Waals surface area contributed by atoms with Gasteiger partial charge in [-0.3, -0.25) is 0 Å². The van der Waals surface area contributed by atoms with Crippen molar-refractivity contribution in [3.8, 4) is 28.7 Å². The number of ketones is 1. The molecule has 0 amide bonds. The van der Waals surface area contributed by atoms with Crippen molar-refractivity contribution < 1.29 is 64.0 Å². The average molecular weight is 625 g/mol. The summed E-state index contributed by atoms with van der Waals surface area (Å²) in [6.45, 7) is 0.959. The molecule has 1 aliphatic rings. The second kappa shape index (κ2) is 14.6. The number of hydrogen-bond acceptors (Lipinski definition) is 13. The lowest BCUT2D eigenvalue weighted by Crippen LogP contribution is -2.61. The molecule has 0 aliphatic carbocycles. The number of esters is 2. The van der Waals surface area contributed by atoms with E-state index >= 15 is 0 Å². The first-order chi connectivity index (χ1) is 21.4. The van der Waals surface area contributed by atoms with Gasteiger partial charge in [-0.1, -0.05) is 24.3 Å². The highest BCUT2D eigenvalue weighted by molar-refractivity contribution is 5.91. The van der Waals surface area contributed by atoms with Crippen molar-refractivity contribution in [2.24, 2.45) is 0 Å². The Kier molecular flexibility index (Phi) is 10.6. The number of ether oxygens (including phenoxy) is 4. The molecule has 4 rings (SSSR count). The van der Waals surface area contributed by atoms with Gasteiger partial charge in [0, 0.05) is 12.5 Å². The second-order valence-corrected chi connectivity index (χ2v) is 10.3. The maximum atomic E-state index is 12.9. The van der Waals surface area contributed by atoms with Crippen LogP contribution < -0.4 is 4.74 Å². The fourth-order valence-corrected chi connectivity index (χ4v) is 4.33. The number of Topliss-reactive ketones (excluding diaryl/α,β-unsaturated/α-hetero) is 1. The Morgan fingerprint density at radius 3 is 2.16 bits per heavy atom. The smallest absolute Gasteiger partial charge is 0.339 e. The highest BCUT2D eigenvalue weighted by Gasteiger charge is 2.48. The van der Waals surface area contributed by atoms with Crippen LogP contribution in [0, 0.1) is 0 Å². The van der Waals surface area contributed by atoms with E-state index in [1.54, 1.807) is 36.4 Å². The highest BCUT2D eigenvalue weighted by atomic mass is 16.7. The molecule has 1 saturated heterocycles. The molecule has 13 nitrogen and oxygen atoms in total. The number of phenols is 4. The molecule has 45 heavy (non-hydrogen) atoms. The van der Waals surface area contributed by atoms with Crippen molar-refractivity contribution >= 4 is 23.8 Å². The minimum atomic E-state index is -1.82. The normalized spacial score (nSPS) is 21.3. The molecular formula is C32H32O13. The molecule has 1 heterocycles. The molecule has 1 aliphatic heterocycles. The van der Waals surface area contributed by atoms with Gasteiger partial charge in [0.1, 0.15) is 42.2 Å². The molecule has 0 bridgehead atoms. The first-order valence-corrected chi connectivity index (χ1v) is 13.8. The highest BCUT2D eigenvalue weighted by Crippen LogP contribution is 2.36. The van der Waals surface area contributed by atoms with E-state index in [0.717, 1.165) is 23.8 Å². The predicted octanol–water partition coefficient (Wildman–Crippen LogP) is 2.34. The molecule has 0 spiro atoms. The van der Waals surface area contributed by atoms with E-state index in [4.69, 9.17) is 18.9 Å². The molecule has 5 atom stereocenters. The number of rotatable bonds is 11. The maximum Gasteiger partial charge on any atom is 0.339 e. The van der Waals surface area contributed by atoms with E-state index in [1.807, 2.05) is 0 Å². The summed E-state index contributed by atoms with van der Waals surface area (Å²) < 4.78 is 22.2. The first-order valence-electron chi connectivity index (χ1n) is 13.8. The summed E-state index contributed by atoms with van der Waals surface area (Å²) in [5.41, 5.74) is 1.06. The van der Waals surface area contributed by atoms with Crippen molar-refractivity contribution in [2.75, 3.05) is 6.61 Å². The summed E-state index contributed by atoms with van der Waals surface area (Å²) in [6.07, 6.45) is -4.69. The van der Waals surface area contributed by atoms with Crippen LogP contribution in [0.25, 0.3) is 6.08 Å². The SMILES string of the molecule is CC(=O)CCc1ccc(OC2OC(COC(=O)C=Cc3ccc(O)cc3)C(O)C(O)C2OC(=O)c2cc(O)c(O)c(O)c2)cc1. The maximum absolute atomic E-state index is 12.9. The van der Waals surface area contributed by atoms with Gasteiger partial charge in [0.2, 0.25) is 6.29 Å². The zero-order chi connectivity index (χ0) is 32.7. The third kappa shape index (κ3) is 8.72. The van der Waals surface area contributed by atoms with Gasteiger partial charge >= 0.3 is 11.9 Å². The third-order valence-electron chi connectivity index (χ3n) is 6.83. The van der Waals surface area contributed by atoms with Crippen LogP contribution in [0.4, 0.5) is 0 Å². The fraction of sp³-hybridized carbons (Fsp3) is 0.281. The second-order valence-electron chi connectivity index (χ2n) is 10.3. The van der Waals surface area contributed by atoms with E-state index in [1.165, 1.54) is 25.1 Å². The van der Waals surface area contributed by atoms with Crippen molar-refractivity contribution in [1.82, 2.24) is 0 Å². The van der Waals surface area contributed by atoms with Gasteiger partial charge in [-0.25, -0.2) is 9.59 Å². The first kappa shape index (κ1) is 32.8. The summed E-state index contributed by atoms with van der Waals surface area (Å²) in [4.78, 5) is 36.5. The van der Waals surface area contributed by atoms with Crippen molar-refractivity contribution in [2.45, 2.75) is 50.5 Å². The minimum absolute atomic E-state index is 0.0287. The minimum Gasteiger partial charge on any atom is -0.508 e. The zero-order valence-electron chi connectivity index (χ0n) is 24.0. The Morgan fingerprint density at radius 1 is 0.889 bits per heavy atom. The summed E-state index contributed by atoms with van der Waals surface area (Å²) in [5.74, 6) is -4.13. The van der Waals surface area contributed by atoms with E-state index < -0.39 is 72.1 Å². The van der Waals surface area contributed by atoms with Gasteiger partial charge in [0.05, 0.1) is 5.56 Å². The molecule has 0 radical (unpaired) electrons. The van der Waals surface area contributed by atoms with Crippen LogP contribution in [0.3, 0.4) is 0 Å². The number of carbonyl (C=O) groups is 3. The Morgan fingerprint density at radius 2 is 1.53 bits per heavy atom. The molecule has 5 unspecified atom stereocenters. The predicted molar refractivity (Wildman–Crippen MR) is 155 cm³/mol. The molecule has 3 aromatic rings. The molecule has 0 aromatic heterocycles. The van der Waals surface area contributed by atoms with Gasteiger partial charge in [-0.15, -0.1) is 0 Å². The fourth-order valence-electron chi connectivity index (χ4n) is 4.33. The number of aliphatic hydroxyl groups is 2. The Bertz CT molecular complexity index is 1510. The van der Waals surface area contributed by atoms with E-state index in [2.05, 4.69) is 0 Å². The monoisotopic (exact) mass is 624 g/mol. The Balaban J connectivity index is 1.50. The molecule has 13 heteroatoms. The molecule has 0 saturated carbocycles. The van der Waals surface area contributed by atoms with E-state index in [0.29, 0.717) is 18.4 Å². The topological polar surface area (TPSA) is 210 Å². The number of benzene rings is 3. The van der Waals surface area contributed by atoms with Crippen LogP contribution in [-0.2, 0) is 30.2 Å². The van der Waals surface area contributed by atoms with E-state index in [-0.39, 0.29) is 17.3 Å². The van der Waals surface area contributed by atoms with Gasteiger partial charge in [0.25, 0.3) is 0 Å². The molecule has 238 valence electrons. The number of carbonyl (C=O) groups excluding carboxylic acids is 3. The molecule has 6 N–H and O–H groups in total. The van der Waals surface area contributed by atoms with Crippen LogP contribution in [-0.4, -0.2) is 85.7 Å². The largest absolute Gasteiger partial charge is 0.508 e. The van der Waals surface area contributed by atoms with Crippen molar-refractivity contribution in [1.29, 1.82) is 0 Å². The molecule has 3 aromatic carbocycles. The summed E-state index contributed by atoms with van der Waals surface area (Å²) in [5, 5.41) is 60.3. The number of phenolic OH excluding ortho intramolecular Hbond substituents is 4. The van der Waals surface area contributed by atoms with E-state index in [9.17, 15) is 45.0 Å². The summed E-state index contributed by atoms with van der Waals surface area (Å²) in [7, 11) is 0. The Hall–Kier alpha value is -5.11. The number of aryl methyl sites for hydroxylation is 1. The molecular weight excluding hydrogens is 592 g/mol. The van der Waals surface area contributed by atoms with Gasteiger partial charge in [-0.05, 0) is 66.9 Å². The van der Waals surface area contributed by atoms with Crippen molar-refractivity contribution in [3.05, 3.63) is 83.4 Å². The lowest BCUT2D eigenvalue weighted by molar-refractivity contribution is -0.277. The number of hydrogen-bond donors (Lipinski definition) is 6.